The third-order valence-electron chi connectivity index (χ3n) is 3.46. The molecule has 3 N–H and O–H groups in total. The molecule has 104 valence electrons. The molecule has 3 nitrogen and oxygen atoms in total. The number of benzene rings is 1. The van der Waals surface area contributed by atoms with E-state index in [-0.39, 0.29) is 5.91 Å². The van der Waals surface area contributed by atoms with Gasteiger partial charge in [0.05, 0.1) is 10.6 Å². The van der Waals surface area contributed by atoms with Gasteiger partial charge in [0.25, 0.3) is 5.91 Å². The van der Waals surface area contributed by atoms with Crippen molar-refractivity contribution >= 4 is 44.5 Å². The third kappa shape index (κ3) is 2.74. The number of hydrogen-bond acceptors (Lipinski definition) is 3. The predicted molar refractivity (Wildman–Crippen MR) is 87.5 cm³/mol. The molecule has 1 aromatic heterocycles. The molecule has 0 spiro atoms. The molecule has 0 radical (unpaired) electrons. The highest BCUT2D eigenvalue weighted by Gasteiger charge is 2.17. The Bertz CT molecular complexity index is 642. The lowest BCUT2D eigenvalue weighted by atomic mass is 9.99. The van der Waals surface area contributed by atoms with Crippen LogP contribution in [0.15, 0.2) is 28.7 Å². The van der Waals surface area contributed by atoms with E-state index in [0.29, 0.717) is 5.69 Å². The Balaban J connectivity index is 1.80. The van der Waals surface area contributed by atoms with E-state index < -0.39 is 0 Å². The Morgan fingerprint density at radius 1 is 1.25 bits per heavy atom. The minimum Gasteiger partial charge on any atom is -0.399 e. The molecule has 0 saturated carbocycles. The fraction of sp³-hybridized carbons (Fsp3) is 0.267. The number of nitrogen functional groups attached to an aromatic ring is 1. The van der Waals surface area contributed by atoms with E-state index >= 15 is 0 Å². The monoisotopic (exact) mass is 350 g/mol. The number of anilines is 2. The van der Waals surface area contributed by atoms with Crippen LogP contribution in [0.5, 0.6) is 0 Å². The maximum Gasteiger partial charge on any atom is 0.265 e. The van der Waals surface area contributed by atoms with Crippen LogP contribution in [-0.2, 0) is 12.8 Å². The van der Waals surface area contributed by atoms with Crippen LogP contribution in [0.3, 0.4) is 0 Å². The zero-order valence-electron chi connectivity index (χ0n) is 10.9. The van der Waals surface area contributed by atoms with E-state index in [0.717, 1.165) is 27.9 Å². The maximum absolute atomic E-state index is 12.3. The number of thiophene rings is 1. The molecule has 1 aromatic carbocycles. The summed E-state index contributed by atoms with van der Waals surface area (Å²) in [4.78, 5) is 14.5. The van der Waals surface area contributed by atoms with Gasteiger partial charge in [0, 0.05) is 15.0 Å². The number of aryl methyl sites for hydroxylation is 2. The molecule has 1 amide bonds. The molecule has 0 unspecified atom stereocenters. The van der Waals surface area contributed by atoms with Crippen LogP contribution in [0.25, 0.3) is 0 Å². The molecule has 20 heavy (non-hydrogen) atoms. The highest BCUT2D eigenvalue weighted by molar-refractivity contribution is 9.10. The summed E-state index contributed by atoms with van der Waals surface area (Å²) in [6.45, 7) is 0. The number of halogens is 1. The van der Waals surface area contributed by atoms with Crippen molar-refractivity contribution in [1.29, 1.82) is 0 Å². The van der Waals surface area contributed by atoms with Crippen LogP contribution in [0.1, 0.15) is 33.0 Å². The summed E-state index contributed by atoms with van der Waals surface area (Å²) in [5.41, 5.74) is 8.46. The average Bonchev–Trinajstić information content (AvgIpc) is 2.86. The number of nitrogens with two attached hydrogens (primary N) is 1. The van der Waals surface area contributed by atoms with Crippen molar-refractivity contribution in [2.45, 2.75) is 25.7 Å². The average molecular weight is 351 g/mol. The van der Waals surface area contributed by atoms with E-state index in [1.54, 1.807) is 23.5 Å². The van der Waals surface area contributed by atoms with Crippen molar-refractivity contribution in [1.82, 2.24) is 0 Å². The number of rotatable bonds is 2. The highest BCUT2D eigenvalue weighted by Crippen LogP contribution is 2.31. The van der Waals surface area contributed by atoms with Gasteiger partial charge in [-0.2, -0.15) is 0 Å². The van der Waals surface area contributed by atoms with Crippen molar-refractivity contribution in [3.8, 4) is 0 Å². The Labute approximate surface area is 130 Å². The molecule has 1 aliphatic rings. The first-order valence-corrected chi connectivity index (χ1v) is 8.22. The van der Waals surface area contributed by atoms with Crippen molar-refractivity contribution in [2.24, 2.45) is 0 Å². The van der Waals surface area contributed by atoms with Gasteiger partial charge in [-0.05, 0) is 71.4 Å². The third-order valence-corrected chi connectivity index (χ3v) is 5.35. The molecule has 0 saturated heterocycles. The molecule has 0 fully saturated rings. The van der Waals surface area contributed by atoms with Gasteiger partial charge in [-0.15, -0.1) is 11.3 Å². The second kappa shape index (κ2) is 5.58. The maximum atomic E-state index is 12.3. The van der Waals surface area contributed by atoms with Crippen molar-refractivity contribution < 1.29 is 4.79 Å². The Morgan fingerprint density at radius 2 is 2.05 bits per heavy atom. The van der Waals surface area contributed by atoms with Gasteiger partial charge in [0.1, 0.15) is 0 Å². The Kier molecular flexibility index (Phi) is 3.81. The summed E-state index contributed by atoms with van der Waals surface area (Å²) in [7, 11) is 0. The summed E-state index contributed by atoms with van der Waals surface area (Å²) >= 11 is 5.03. The standard InChI is InChI=1S/C15H15BrN2OS/c16-11-8-10(17)5-6-12(11)18-15(19)14-7-9-3-1-2-4-13(9)20-14/h5-8H,1-4,17H2,(H,18,19). The first-order valence-electron chi connectivity index (χ1n) is 6.61. The summed E-state index contributed by atoms with van der Waals surface area (Å²) < 4.78 is 0.798. The molecule has 0 aliphatic heterocycles. The summed E-state index contributed by atoms with van der Waals surface area (Å²) in [6.07, 6.45) is 4.68. The molecule has 3 rings (SSSR count). The number of fused-ring (bicyclic) bond motifs is 1. The summed E-state index contributed by atoms with van der Waals surface area (Å²) in [5.74, 6) is -0.0464. The highest BCUT2D eigenvalue weighted by atomic mass is 79.9. The van der Waals surface area contributed by atoms with Crippen LogP contribution in [-0.4, -0.2) is 5.91 Å². The lowest BCUT2D eigenvalue weighted by Gasteiger charge is -2.08. The topological polar surface area (TPSA) is 55.1 Å². The summed E-state index contributed by atoms with van der Waals surface area (Å²) in [5, 5.41) is 2.93. The second-order valence-electron chi connectivity index (χ2n) is 4.96. The molecule has 5 heteroatoms. The minimum atomic E-state index is -0.0464. The number of amides is 1. The van der Waals surface area contributed by atoms with Gasteiger partial charge in [-0.1, -0.05) is 0 Å². The molecule has 2 aromatic rings. The first-order chi connectivity index (χ1) is 9.63. The number of nitrogens with one attached hydrogen (secondary N) is 1. The van der Waals surface area contributed by atoms with Crippen molar-refractivity contribution in [3.63, 3.8) is 0 Å². The molecule has 0 bridgehead atoms. The van der Waals surface area contributed by atoms with Gasteiger partial charge in [-0.25, -0.2) is 0 Å². The van der Waals surface area contributed by atoms with Gasteiger partial charge in [0.15, 0.2) is 0 Å². The quantitative estimate of drug-likeness (QED) is 0.796. The zero-order valence-corrected chi connectivity index (χ0v) is 13.3. The smallest absolute Gasteiger partial charge is 0.265 e. The van der Waals surface area contributed by atoms with Crippen LogP contribution < -0.4 is 11.1 Å². The molecular formula is C15H15BrN2OS. The van der Waals surface area contributed by atoms with E-state index in [1.807, 2.05) is 12.1 Å². The normalized spacial score (nSPS) is 13.8. The van der Waals surface area contributed by atoms with E-state index in [9.17, 15) is 4.79 Å². The SMILES string of the molecule is Nc1ccc(NC(=O)c2cc3c(s2)CCCC3)c(Br)c1. The van der Waals surface area contributed by atoms with E-state index in [2.05, 4.69) is 21.2 Å². The van der Waals surface area contributed by atoms with Gasteiger partial charge >= 0.3 is 0 Å². The molecule has 0 atom stereocenters. The fourth-order valence-corrected chi connectivity index (χ4v) is 4.06. The number of carbonyl (C=O) groups excluding carboxylic acids is 1. The Hall–Kier alpha value is -1.33. The van der Waals surface area contributed by atoms with Crippen molar-refractivity contribution in [2.75, 3.05) is 11.1 Å². The second-order valence-corrected chi connectivity index (χ2v) is 6.95. The molecule has 1 heterocycles. The minimum absolute atomic E-state index is 0.0464. The van der Waals surface area contributed by atoms with Gasteiger partial charge in [0.2, 0.25) is 0 Å². The zero-order chi connectivity index (χ0) is 14.1. The van der Waals surface area contributed by atoms with Crippen LogP contribution in [0.4, 0.5) is 11.4 Å². The van der Waals surface area contributed by atoms with Crippen LogP contribution >= 0.6 is 27.3 Å². The van der Waals surface area contributed by atoms with Gasteiger partial charge < -0.3 is 11.1 Å². The Morgan fingerprint density at radius 3 is 2.80 bits per heavy atom. The first kappa shape index (κ1) is 13.6. The lowest BCUT2D eigenvalue weighted by Crippen LogP contribution is -2.10. The number of carbonyl (C=O) groups is 1. The van der Waals surface area contributed by atoms with Crippen LogP contribution in [0.2, 0.25) is 0 Å². The predicted octanol–water partition coefficient (Wildman–Crippen LogP) is 4.22. The van der Waals surface area contributed by atoms with E-state index in [4.69, 9.17) is 5.73 Å². The molecular weight excluding hydrogens is 336 g/mol. The molecule has 1 aliphatic carbocycles. The lowest BCUT2D eigenvalue weighted by molar-refractivity contribution is 0.103. The van der Waals surface area contributed by atoms with Gasteiger partial charge in [-0.3, -0.25) is 4.79 Å². The summed E-state index contributed by atoms with van der Waals surface area (Å²) in [6, 6.07) is 7.42. The van der Waals surface area contributed by atoms with Crippen LogP contribution in [0, 0.1) is 0 Å². The largest absolute Gasteiger partial charge is 0.399 e. The van der Waals surface area contributed by atoms with Crippen molar-refractivity contribution in [3.05, 3.63) is 44.1 Å². The fourth-order valence-electron chi connectivity index (χ4n) is 2.42. The number of hydrogen-bond donors (Lipinski definition) is 2. The van der Waals surface area contributed by atoms with E-state index in [1.165, 1.54) is 23.3 Å².